The van der Waals surface area contributed by atoms with Gasteiger partial charge < -0.3 is 10.2 Å². The summed E-state index contributed by atoms with van der Waals surface area (Å²) < 4.78 is 0. The van der Waals surface area contributed by atoms with Gasteiger partial charge in [-0.2, -0.15) is 0 Å². The first-order valence-corrected chi connectivity index (χ1v) is 6.11. The monoisotopic (exact) mass is 227 g/mol. The van der Waals surface area contributed by atoms with E-state index in [1.807, 2.05) is 4.90 Å². The van der Waals surface area contributed by atoms with Gasteiger partial charge in [-0.05, 0) is 20.8 Å². The second-order valence-electron chi connectivity index (χ2n) is 5.52. The molecule has 16 heavy (non-hydrogen) atoms. The van der Waals surface area contributed by atoms with Gasteiger partial charge in [0, 0.05) is 51.7 Å². The first kappa shape index (κ1) is 13.5. The lowest BCUT2D eigenvalue weighted by atomic mass is 10.1. The summed E-state index contributed by atoms with van der Waals surface area (Å²) in [5.41, 5.74) is 0.196. The molecule has 0 atom stereocenters. The number of rotatable bonds is 3. The third kappa shape index (κ3) is 4.94. The summed E-state index contributed by atoms with van der Waals surface area (Å²) in [5, 5.41) is 3.48. The van der Waals surface area contributed by atoms with Gasteiger partial charge in [-0.15, -0.1) is 0 Å². The lowest BCUT2D eigenvalue weighted by Gasteiger charge is -2.34. The van der Waals surface area contributed by atoms with Gasteiger partial charge in [-0.1, -0.05) is 0 Å². The molecule has 0 spiro atoms. The molecular weight excluding hydrogens is 202 g/mol. The third-order valence-electron chi connectivity index (χ3n) is 2.90. The molecule has 1 rings (SSSR count). The van der Waals surface area contributed by atoms with Gasteiger partial charge in [-0.25, -0.2) is 0 Å². The number of piperazine rings is 1. The van der Waals surface area contributed by atoms with Crippen LogP contribution in [0.2, 0.25) is 0 Å². The molecule has 0 aliphatic carbocycles. The minimum Gasteiger partial charge on any atom is -0.340 e. The van der Waals surface area contributed by atoms with Crippen molar-refractivity contribution < 1.29 is 4.79 Å². The Balaban J connectivity index is 2.15. The maximum Gasteiger partial charge on any atom is 0.219 e. The minimum atomic E-state index is 0.196. The van der Waals surface area contributed by atoms with E-state index in [1.165, 1.54) is 0 Å². The zero-order valence-electron chi connectivity index (χ0n) is 11.0. The molecule has 94 valence electrons. The van der Waals surface area contributed by atoms with Gasteiger partial charge in [0.1, 0.15) is 0 Å². The molecule has 1 amide bonds. The van der Waals surface area contributed by atoms with Gasteiger partial charge in [0.05, 0.1) is 0 Å². The first-order valence-electron chi connectivity index (χ1n) is 6.11. The van der Waals surface area contributed by atoms with E-state index in [0.29, 0.717) is 0 Å². The summed E-state index contributed by atoms with van der Waals surface area (Å²) in [5.74, 6) is 0.201. The number of carbonyl (C=O) groups excluding carboxylic acids is 1. The predicted molar refractivity (Wildman–Crippen MR) is 66.4 cm³/mol. The standard InChI is InChI=1S/C12H25N3O/c1-11(16)15-9-7-14(8-10-15)6-5-13-12(2,3)4/h13H,5-10H2,1-4H3. The highest BCUT2D eigenvalue weighted by Gasteiger charge is 2.18. The van der Waals surface area contributed by atoms with Gasteiger partial charge >= 0.3 is 0 Å². The van der Waals surface area contributed by atoms with Crippen LogP contribution in [-0.4, -0.2) is 60.5 Å². The molecular formula is C12H25N3O. The summed E-state index contributed by atoms with van der Waals surface area (Å²) in [6, 6.07) is 0. The zero-order valence-corrected chi connectivity index (χ0v) is 11.0. The predicted octanol–water partition coefficient (Wildman–Crippen LogP) is 0.539. The second kappa shape index (κ2) is 5.64. The van der Waals surface area contributed by atoms with E-state index in [1.54, 1.807) is 6.92 Å². The maximum atomic E-state index is 11.1. The average Bonchev–Trinajstić information content (AvgIpc) is 2.16. The molecule has 4 nitrogen and oxygen atoms in total. The number of carbonyl (C=O) groups is 1. The topological polar surface area (TPSA) is 35.6 Å². The molecule has 1 saturated heterocycles. The Labute approximate surface area is 99.0 Å². The van der Waals surface area contributed by atoms with Crippen LogP contribution < -0.4 is 5.32 Å². The number of hydrogen-bond acceptors (Lipinski definition) is 3. The summed E-state index contributed by atoms with van der Waals surface area (Å²) in [6.07, 6.45) is 0. The van der Waals surface area contributed by atoms with E-state index in [2.05, 4.69) is 31.0 Å². The van der Waals surface area contributed by atoms with Crippen LogP contribution in [0.15, 0.2) is 0 Å². The van der Waals surface area contributed by atoms with E-state index < -0.39 is 0 Å². The van der Waals surface area contributed by atoms with Crippen molar-refractivity contribution >= 4 is 5.91 Å². The molecule has 0 unspecified atom stereocenters. The van der Waals surface area contributed by atoms with E-state index >= 15 is 0 Å². The number of amides is 1. The molecule has 1 N–H and O–H groups in total. The highest BCUT2D eigenvalue weighted by atomic mass is 16.2. The summed E-state index contributed by atoms with van der Waals surface area (Å²) in [6.45, 7) is 14.1. The molecule has 1 aliphatic rings. The Morgan fingerprint density at radius 2 is 1.75 bits per heavy atom. The lowest BCUT2D eigenvalue weighted by Crippen LogP contribution is -2.50. The maximum absolute atomic E-state index is 11.1. The molecule has 0 aromatic heterocycles. The number of nitrogens with one attached hydrogen (secondary N) is 1. The van der Waals surface area contributed by atoms with Crippen LogP contribution in [0.5, 0.6) is 0 Å². The quantitative estimate of drug-likeness (QED) is 0.764. The van der Waals surface area contributed by atoms with Crippen molar-refractivity contribution in [1.82, 2.24) is 15.1 Å². The van der Waals surface area contributed by atoms with Crippen molar-refractivity contribution in [1.29, 1.82) is 0 Å². The first-order chi connectivity index (χ1) is 7.38. The Kier molecular flexibility index (Phi) is 4.74. The van der Waals surface area contributed by atoms with Crippen molar-refractivity contribution in [3.05, 3.63) is 0 Å². The Bertz CT molecular complexity index is 227. The van der Waals surface area contributed by atoms with Crippen molar-refractivity contribution in [2.75, 3.05) is 39.3 Å². The molecule has 0 aromatic rings. The van der Waals surface area contributed by atoms with Gasteiger partial charge in [-0.3, -0.25) is 9.69 Å². The van der Waals surface area contributed by atoms with E-state index in [0.717, 1.165) is 39.3 Å². The summed E-state index contributed by atoms with van der Waals surface area (Å²) in [4.78, 5) is 15.5. The smallest absolute Gasteiger partial charge is 0.219 e. The van der Waals surface area contributed by atoms with Gasteiger partial charge in [0.25, 0.3) is 0 Å². The van der Waals surface area contributed by atoms with E-state index in [-0.39, 0.29) is 11.4 Å². The van der Waals surface area contributed by atoms with E-state index in [4.69, 9.17) is 0 Å². The van der Waals surface area contributed by atoms with Crippen LogP contribution in [0.25, 0.3) is 0 Å². The van der Waals surface area contributed by atoms with Crippen molar-refractivity contribution in [3.8, 4) is 0 Å². The van der Waals surface area contributed by atoms with Crippen LogP contribution in [0.4, 0.5) is 0 Å². The normalized spacial score (nSPS) is 18.9. The third-order valence-corrected chi connectivity index (χ3v) is 2.90. The average molecular weight is 227 g/mol. The molecule has 0 saturated carbocycles. The lowest BCUT2D eigenvalue weighted by molar-refractivity contribution is -0.130. The van der Waals surface area contributed by atoms with Crippen LogP contribution in [0, 0.1) is 0 Å². The Morgan fingerprint density at radius 1 is 1.19 bits per heavy atom. The zero-order chi connectivity index (χ0) is 12.2. The molecule has 0 bridgehead atoms. The van der Waals surface area contributed by atoms with Crippen molar-refractivity contribution in [2.24, 2.45) is 0 Å². The largest absolute Gasteiger partial charge is 0.340 e. The SMILES string of the molecule is CC(=O)N1CCN(CCNC(C)(C)C)CC1. The van der Waals surface area contributed by atoms with Gasteiger partial charge in [0.2, 0.25) is 5.91 Å². The van der Waals surface area contributed by atoms with Crippen LogP contribution in [-0.2, 0) is 4.79 Å². The summed E-state index contributed by atoms with van der Waals surface area (Å²) >= 11 is 0. The minimum absolute atomic E-state index is 0.196. The number of nitrogens with zero attached hydrogens (tertiary/aromatic N) is 2. The van der Waals surface area contributed by atoms with Gasteiger partial charge in [0.15, 0.2) is 0 Å². The van der Waals surface area contributed by atoms with Crippen LogP contribution in [0.1, 0.15) is 27.7 Å². The molecule has 1 heterocycles. The van der Waals surface area contributed by atoms with Crippen molar-refractivity contribution in [3.63, 3.8) is 0 Å². The molecule has 1 aliphatic heterocycles. The summed E-state index contributed by atoms with van der Waals surface area (Å²) in [7, 11) is 0. The molecule has 4 heteroatoms. The fourth-order valence-electron chi connectivity index (χ4n) is 1.88. The van der Waals surface area contributed by atoms with E-state index in [9.17, 15) is 4.79 Å². The van der Waals surface area contributed by atoms with Crippen LogP contribution >= 0.6 is 0 Å². The highest BCUT2D eigenvalue weighted by molar-refractivity contribution is 5.73. The van der Waals surface area contributed by atoms with Crippen LogP contribution in [0.3, 0.4) is 0 Å². The molecule has 1 fully saturated rings. The van der Waals surface area contributed by atoms with Crippen molar-refractivity contribution in [2.45, 2.75) is 33.2 Å². The second-order valence-corrected chi connectivity index (χ2v) is 5.52. The number of hydrogen-bond donors (Lipinski definition) is 1. The fraction of sp³-hybridized carbons (Fsp3) is 0.917. The Hall–Kier alpha value is -0.610. The Morgan fingerprint density at radius 3 is 2.19 bits per heavy atom. The highest BCUT2D eigenvalue weighted by Crippen LogP contribution is 2.02. The fourth-order valence-corrected chi connectivity index (χ4v) is 1.88. The molecule has 0 aromatic carbocycles. The molecule has 0 radical (unpaired) electrons.